The van der Waals surface area contributed by atoms with Crippen molar-refractivity contribution in [3.05, 3.63) is 62.6 Å². The highest BCUT2D eigenvalue weighted by Crippen LogP contribution is 2.46. The number of halogens is 1. The molecule has 0 unspecified atom stereocenters. The second kappa shape index (κ2) is 8.25. The third-order valence-corrected chi connectivity index (χ3v) is 7.12. The minimum absolute atomic E-state index is 0.00282. The Morgan fingerprint density at radius 3 is 2.70 bits per heavy atom. The van der Waals surface area contributed by atoms with E-state index < -0.39 is 0 Å². The zero-order valence-electron chi connectivity index (χ0n) is 16.6. The molecule has 2 aromatic rings. The number of aromatic hydroxyl groups is 1. The summed E-state index contributed by atoms with van der Waals surface area (Å²) in [7, 11) is 1.47. The predicted molar refractivity (Wildman–Crippen MR) is 120 cm³/mol. The van der Waals surface area contributed by atoms with Gasteiger partial charge in [0.2, 0.25) is 5.91 Å². The van der Waals surface area contributed by atoms with Crippen LogP contribution < -0.4 is 9.64 Å². The smallest absolute Gasteiger partial charge is 0.229 e. The van der Waals surface area contributed by atoms with Gasteiger partial charge in [0.15, 0.2) is 11.5 Å². The largest absolute Gasteiger partial charge is 0.503 e. The van der Waals surface area contributed by atoms with E-state index in [-0.39, 0.29) is 24.0 Å². The zero-order chi connectivity index (χ0) is 21.4. The van der Waals surface area contributed by atoms with Crippen molar-refractivity contribution in [2.24, 2.45) is 0 Å². The molecule has 1 fully saturated rings. The quantitative estimate of drug-likeness (QED) is 0.679. The number of methoxy groups -OCH3 is 1. The number of rotatable bonds is 3. The van der Waals surface area contributed by atoms with Crippen molar-refractivity contribution in [3.8, 4) is 17.6 Å². The SMILES string of the molecule is COc1cc([C@H]2CC(=O)N3CN(c4ccc(C)cc4)CSC3=C2C#N)cc(Br)c1O. The fraction of sp³-hybridized carbons (Fsp3) is 0.273. The molecule has 0 bridgehead atoms. The summed E-state index contributed by atoms with van der Waals surface area (Å²) in [5.74, 6) is 0.553. The van der Waals surface area contributed by atoms with Crippen molar-refractivity contribution in [3.63, 3.8) is 0 Å². The normalized spacial score (nSPS) is 18.9. The molecule has 6 nitrogen and oxygen atoms in total. The van der Waals surface area contributed by atoms with Crippen molar-refractivity contribution in [1.29, 1.82) is 5.26 Å². The molecule has 8 heteroatoms. The van der Waals surface area contributed by atoms with Crippen LogP contribution in [0.1, 0.15) is 23.5 Å². The minimum Gasteiger partial charge on any atom is -0.503 e. The van der Waals surface area contributed by atoms with Gasteiger partial charge in [-0.3, -0.25) is 9.69 Å². The number of phenolic OH excluding ortho intramolecular Hbond substituents is 1. The number of allylic oxidation sites excluding steroid dienone is 1. The first kappa shape index (κ1) is 20.6. The van der Waals surface area contributed by atoms with Crippen molar-refractivity contribution < 1.29 is 14.6 Å². The summed E-state index contributed by atoms with van der Waals surface area (Å²) in [6.45, 7) is 2.46. The van der Waals surface area contributed by atoms with Gasteiger partial charge in [0.1, 0.15) is 0 Å². The van der Waals surface area contributed by atoms with Gasteiger partial charge in [-0.05, 0) is 52.7 Å². The van der Waals surface area contributed by atoms with Crippen LogP contribution in [0.25, 0.3) is 0 Å². The van der Waals surface area contributed by atoms with Crippen LogP contribution in [-0.4, -0.2) is 35.6 Å². The molecule has 4 rings (SSSR count). The van der Waals surface area contributed by atoms with E-state index in [1.165, 1.54) is 24.4 Å². The van der Waals surface area contributed by atoms with Gasteiger partial charge >= 0.3 is 0 Å². The van der Waals surface area contributed by atoms with Gasteiger partial charge in [0.05, 0.1) is 40.8 Å². The lowest BCUT2D eigenvalue weighted by Crippen LogP contribution is -2.47. The Balaban J connectivity index is 1.69. The fourth-order valence-corrected chi connectivity index (χ4v) is 5.34. The molecule has 1 amide bonds. The van der Waals surface area contributed by atoms with Crippen LogP contribution in [0.3, 0.4) is 0 Å². The predicted octanol–water partition coefficient (Wildman–Crippen LogP) is 4.69. The maximum absolute atomic E-state index is 13.1. The first-order valence-electron chi connectivity index (χ1n) is 9.38. The second-order valence-corrected chi connectivity index (χ2v) is 9.04. The van der Waals surface area contributed by atoms with Gasteiger partial charge in [-0.25, -0.2) is 0 Å². The van der Waals surface area contributed by atoms with E-state index in [0.717, 1.165) is 11.3 Å². The summed E-state index contributed by atoms with van der Waals surface area (Å²) in [6.07, 6.45) is 0.190. The van der Waals surface area contributed by atoms with Gasteiger partial charge in [-0.15, -0.1) is 0 Å². The minimum atomic E-state index is -0.377. The van der Waals surface area contributed by atoms with Crippen LogP contribution in [0.2, 0.25) is 0 Å². The number of aryl methyl sites for hydroxylation is 1. The molecular weight excluding hydrogens is 466 g/mol. The second-order valence-electron chi connectivity index (χ2n) is 7.25. The van der Waals surface area contributed by atoms with Crippen LogP contribution in [0.5, 0.6) is 11.5 Å². The maximum atomic E-state index is 13.1. The van der Waals surface area contributed by atoms with E-state index in [0.29, 0.717) is 33.4 Å². The number of thioether (sulfide) groups is 1. The number of anilines is 1. The van der Waals surface area contributed by atoms with E-state index in [1.807, 2.05) is 19.1 Å². The molecule has 1 N–H and O–H groups in total. The lowest BCUT2D eigenvalue weighted by Gasteiger charge is -2.42. The van der Waals surface area contributed by atoms with E-state index in [1.54, 1.807) is 17.0 Å². The molecule has 2 heterocycles. The number of nitriles is 1. The Labute approximate surface area is 187 Å². The Morgan fingerprint density at radius 1 is 1.30 bits per heavy atom. The first-order chi connectivity index (χ1) is 14.4. The fourth-order valence-electron chi connectivity index (χ4n) is 3.72. The first-order valence-corrected chi connectivity index (χ1v) is 11.2. The summed E-state index contributed by atoms with van der Waals surface area (Å²) >= 11 is 4.84. The molecule has 1 atom stereocenters. The van der Waals surface area contributed by atoms with E-state index in [4.69, 9.17) is 4.74 Å². The molecule has 30 heavy (non-hydrogen) atoms. The number of phenols is 1. The van der Waals surface area contributed by atoms with Gasteiger partial charge in [0, 0.05) is 18.0 Å². The average molecular weight is 486 g/mol. The van der Waals surface area contributed by atoms with E-state index in [2.05, 4.69) is 39.0 Å². The number of fused-ring (bicyclic) bond motifs is 1. The number of nitrogens with zero attached hydrogens (tertiary/aromatic N) is 3. The molecule has 2 aliphatic heterocycles. The topological polar surface area (TPSA) is 76.8 Å². The molecule has 154 valence electrons. The lowest BCUT2D eigenvalue weighted by molar-refractivity contribution is -0.129. The zero-order valence-corrected chi connectivity index (χ0v) is 19.0. The Morgan fingerprint density at radius 2 is 2.03 bits per heavy atom. The standard InChI is InChI=1S/C22H20BrN3O3S/c1-13-3-5-15(6-4-13)25-11-26-20(27)9-16(17(10-24)22(26)30-12-25)14-7-18(23)21(28)19(8-14)29-2/h3-8,16,28H,9,11-12H2,1-2H3/t16-/m1/s1. The van der Waals surface area contributed by atoms with Crippen LogP contribution in [0.4, 0.5) is 5.69 Å². The van der Waals surface area contributed by atoms with Gasteiger partial charge in [-0.1, -0.05) is 29.5 Å². The molecular formula is C22H20BrN3O3S. The molecule has 0 saturated carbocycles. The van der Waals surface area contributed by atoms with Crippen LogP contribution in [-0.2, 0) is 4.79 Å². The number of hydrogen-bond acceptors (Lipinski definition) is 6. The molecule has 1 saturated heterocycles. The highest BCUT2D eigenvalue weighted by Gasteiger charge is 2.38. The molecule has 0 aromatic heterocycles. The highest BCUT2D eigenvalue weighted by molar-refractivity contribution is 9.10. The summed E-state index contributed by atoms with van der Waals surface area (Å²) in [5, 5.41) is 20.8. The third-order valence-electron chi connectivity index (χ3n) is 5.37. The Bertz CT molecular complexity index is 1080. The average Bonchev–Trinajstić information content (AvgIpc) is 2.76. The molecule has 2 aromatic carbocycles. The number of ether oxygens (including phenoxy) is 1. The van der Waals surface area contributed by atoms with Crippen LogP contribution in [0, 0.1) is 18.3 Å². The summed E-state index contributed by atoms with van der Waals surface area (Å²) in [5.41, 5.74) is 3.56. The van der Waals surface area contributed by atoms with Crippen LogP contribution in [0.15, 0.2) is 51.5 Å². The number of carbonyl (C=O) groups is 1. The van der Waals surface area contributed by atoms with E-state index >= 15 is 0 Å². The monoisotopic (exact) mass is 485 g/mol. The molecule has 0 spiro atoms. The van der Waals surface area contributed by atoms with Gasteiger partial charge in [0.25, 0.3) is 0 Å². The Hall–Kier alpha value is -2.63. The summed E-state index contributed by atoms with van der Waals surface area (Å²) in [6, 6.07) is 14.0. The molecule has 0 aliphatic carbocycles. The third kappa shape index (κ3) is 3.64. The number of carbonyl (C=O) groups excluding carboxylic acids is 1. The lowest BCUT2D eigenvalue weighted by atomic mass is 9.86. The number of hydrogen-bond donors (Lipinski definition) is 1. The maximum Gasteiger partial charge on any atom is 0.229 e. The molecule has 0 radical (unpaired) electrons. The number of amides is 1. The van der Waals surface area contributed by atoms with Crippen molar-refractivity contribution in [2.45, 2.75) is 19.3 Å². The van der Waals surface area contributed by atoms with Crippen LogP contribution >= 0.6 is 27.7 Å². The van der Waals surface area contributed by atoms with Gasteiger partial charge < -0.3 is 14.7 Å². The van der Waals surface area contributed by atoms with Gasteiger partial charge in [-0.2, -0.15) is 5.26 Å². The summed E-state index contributed by atoms with van der Waals surface area (Å²) < 4.78 is 5.71. The molecule has 2 aliphatic rings. The number of benzene rings is 2. The summed E-state index contributed by atoms with van der Waals surface area (Å²) in [4.78, 5) is 16.9. The van der Waals surface area contributed by atoms with Crippen molar-refractivity contribution >= 4 is 39.3 Å². The Kier molecular flexibility index (Phi) is 5.67. The highest BCUT2D eigenvalue weighted by atomic mass is 79.9. The van der Waals surface area contributed by atoms with Crippen molar-refractivity contribution in [2.75, 3.05) is 24.6 Å². The van der Waals surface area contributed by atoms with E-state index in [9.17, 15) is 15.2 Å². The van der Waals surface area contributed by atoms with Crippen molar-refractivity contribution in [1.82, 2.24) is 4.90 Å².